The van der Waals surface area contributed by atoms with Gasteiger partial charge in [0.15, 0.2) is 0 Å². The van der Waals surface area contributed by atoms with Gasteiger partial charge in [0.2, 0.25) is 0 Å². The molecule has 0 bridgehead atoms. The smallest absolute Gasteiger partial charge is 0.130 e. The topological polar surface area (TPSA) is 149 Å². The molecule has 0 radical (unpaired) electrons. The molecule has 4 aromatic carbocycles. The van der Waals surface area contributed by atoms with Crippen molar-refractivity contribution in [1.82, 2.24) is 50.3 Å². The van der Waals surface area contributed by atoms with E-state index in [9.17, 15) is 0 Å². The maximum atomic E-state index is 5.94. The van der Waals surface area contributed by atoms with E-state index in [2.05, 4.69) is 128 Å². The number of hydrogen-bond acceptors (Lipinski definition) is 11. The van der Waals surface area contributed by atoms with Crippen LogP contribution in [0.2, 0.25) is 0 Å². The molecule has 0 saturated carbocycles. The van der Waals surface area contributed by atoms with Gasteiger partial charge in [-0.3, -0.25) is 25.3 Å². The first-order chi connectivity index (χ1) is 34.8. The van der Waals surface area contributed by atoms with Crippen molar-refractivity contribution < 1.29 is 14.2 Å². The largest absolute Gasteiger partial charge is 0.489 e. The van der Waals surface area contributed by atoms with Crippen molar-refractivity contribution in [3.05, 3.63) is 150 Å². The van der Waals surface area contributed by atoms with Gasteiger partial charge in [0.05, 0.1) is 45.9 Å². The number of aromatic nitrogens is 7. The zero-order chi connectivity index (χ0) is 49.6. The zero-order valence-electron chi connectivity index (χ0n) is 42.7. The standard InChI is InChI=1S/C20H25N3O.C19H24N4O.C18H24N4O.CH4/c1-3-4-12-23(2)14-20-18-13-17(10-11-19(18)21-22-20)24-15-16-8-6-5-7-9-16;1-3-4-11-23(2)13-19-17-12-16(5-6-18(17)21-22-19)24-14-15-7-9-20-10-8-15;1-3-4-10-22(2)12-18-16-11-15(7-8-17(16)20-21-18)23-13-14-6-5-9-19-14;/h5-11,13H,3-4,12,14-15H2,1-2H3,(H,21,22);5-10,12H,3-4,11,13-14H2,1-2H3,(H,21,22);5-8,11H,3-4,9-10,12-13H2,1-2H3,(H,20,21);1H4. The molecule has 4 aromatic heterocycles. The van der Waals surface area contributed by atoms with Gasteiger partial charge >= 0.3 is 0 Å². The van der Waals surface area contributed by atoms with Gasteiger partial charge in [0.1, 0.15) is 37.1 Å². The summed E-state index contributed by atoms with van der Waals surface area (Å²) in [5.74, 6) is 2.60. The Balaban J connectivity index is 0.000000175. The average molecular weight is 976 g/mol. The molecule has 0 spiro atoms. The Labute approximate surface area is 426 Å². The number of aromatic amines is 3. The monoisotopic (exact) mass is 976 g/mol. The highest BCUT2D eigenvalue weighted by molar-refractivity contribution is 5.97. The molecule has 3 N–H and O–H groups in total. The van der Waals surface area contributed by atoms with Crippen LogP contribution in [0.15, 0.2) is 127 Å². The molecule has 0 fully saturated rings. The van der Waals surface area contributed by atoms with Gasteiger partial charge in [-0.2, -0.15) is 15.3 Å². The molecule has 0 unspecified atom stereocenters. The minimum atomic E-state index is 0. The van der Waals surface area contributed by atoms with Gasteiger partial charge in [-0.1, -0.05) is 83.9 Å². The van der Waals surface area contributed by atoms with E-state index in [1.54, 1.807) is 12.4 Å². The molecule has 382 valence electrons. The molecule has 9 rings (SSSR count). The second-order valence-corrected chi connectivity index (χ2v) is 18.4. The van der Waals surface area contributed by atoms with Gasteiger partial charge in [-0.25, -0.2) is 0 Å². The fraction of sp³-hybridized carbons (Fsp3) is 0.397. The lowest BCUT2D eigenvalue weighted by Crippen LogP contribution is -2.19. The first-order valence-corrected chi connectivity index (χ1v) is 25.3. The first-order valence-electron chi connectivity index (χ1n) is 25.3. The third kappa shape index (κ3) is 16.6. The maximum absolute atomic E-state index is 5.94. The molecule has 0 atom stereocenters. The van der Waals surface area contributed by atoms with E-state index in [0.29, 0.717) is 19.8 Å². The second kappa shape index (κ2) is 28.8. The van der Waals surface area contributed by atoms with Gasteiger partial charge in [-0.15, -0.1) is 0 Å². The lowest BCUT2D eigenvalue weighted by Gasteiger charge is -2.15. The molecule has 72 heavy (non-hydrogen) atoms. The summed E-state index contributed by atoms with van der Waals surface area (Å²) < 4.78 is 17.7. The molecule has 14 heteroatoms. The van der Waals surface area contributed by atoms with Gasteiger partial charge in [0.25, 0.3) is 0 Å². The number of rotatable bonds is 24. The predicted molar refractivity (Wildman–Crippen MR) is 295 cm³/mol. The van der Waals surface area contributed by atoms with E-state index in [0.717, 1.165) is 124 Å². The zero-order valence-corrected chi connectivity index (χ0v) is 42.7. The van der Waals surface area contributed by atoms with Crippen molar-refractivity contribution in [1.29, 1.82) is 0 Å². The van der Waals surface area contributed by atoms with E-state index in [1.807, 2.05) is 78.9 Å². The van der Waals surface area contributed by atoms with E-state index >= 15 is 0 Å². The van der Waals surface area contributed by atoms with Crippen molar-refractivity contribution in [2.45, 2.75) is 99.6 Å². The molecule has 1 aliphatic rings. The molecular formula is C58H77N11O3. The molecular weight excluding hydrogens is 899 g/mol. The molecule has 14 nitrogen and oxygen atoms in total. The van der Waals surface area contributed by atoms with Crippen molar-refractivity contribution in [2.24, 2.45) is 4.99 Å². The quantitative estimate of drug-likeness (QED) is 0.0534. The van der Waals surface area contributed by atoms with E-state index in [4.69, 9.17) is 14.2 Å². The summed E-state index contributed by atoms with van der Waals surface area (Å²) in [6.07, 6.45) is 14.9. The normalized spacial score (nSPS) is 12.0. The molecule has 1 aliphatic heterocycles. The van der Waals surface area contributed by atoms with Crippen LogP contribution >= 0.6 is 0 Å². The molecule has 0 saturated heterocycles. The molecule has 5 heterocycles. The summed E-state index contributed by atoms with van der Waals surface area (Å²) in [5.41, 5.74) is 9.65. The van der Waals surface area contributed by atoms with Crippen molar-refractivity contribution in [2.75, 3.05) is 53.9 Å². The maximum Gasteiger partial charge on any atom is 0.130 e. The van der Waals surface area contributed by atoms with Gasteiger partial charge < -0.3 is 28.9 Å². The number of benzene rings is 4. The van der Waals surface area contributed by atoms with Crippen LogP contribution in [0, 0.1) is 0 Å². The second-order valence-electron chi connectivity index (χ2n) is 18.4. The predicted octanol–water partition coefficient (Wildman–Crippen LogP) is 12.0. The number of fused-ring (bicyclic) bond motifs is 3. The third-order valence-corrected chi connectivity index (χ3v) is 12.3. The average Bonchev–Trinajstić information content (AvgIpc) is 4.24. The number of nitrogens with one attached hydrogen (secondary N) is 3. The first kappa shape index (κ1) is 54.5. The summed E-state index contributed by atoms with van der Waals surface area (Å²) in [6.45, 7) is 15.0. The highest BCUT2D eigenvalue weighted by Crippen LogP contribution is 2.26. The third-order valence-electron chi connectivity index (χ3n) is 12.3. The fourth-order valence-corrected chi connectivity index (χ4v) is 8.14. The van der Waals surface area contributed by atoms with Crippen LogP contribution in [0.3, 0.4) is 0 Å². The SMILES string of the molecule is C.CCCCN(C)Cc1[nH]nc2ccc(OCC3=NCC=C3)cc12.CCCCN(C)Cc1[nH]nc2ccc(OCc3ccccc3)cc12.CCCCN(C)Cc1[nH]nc2ccc(OCc3ccncc3)cc12. The molecule has 0 aliphatic carbocycles. The lowest BCUT2D eigenvalue weighted by atomic mass is 10.2. The Morgan fingerprint density at radius 2 is 0.903 bits per heavy atom. The Bertz CT molecular complexity index is 2740. The Morgan fingerprint density at radius 3 is 1.29 bits per heavy atom. The number of hydrogen-bond donors (Lipinski definition) is 3. The highest BCUT2D eigenvalue weighted by Gasteiger charge is 2.13. The van der Waals surface area contributed by atoms with Crippen molar-refractivity contribution in [3.8, 4) is 17.2 Å². The molecule has 8 aromatic rings. The van der Waals surface area contributed by atoms with Crippen LogP contribution in [0.5, 0.6) is 17.2 Å². The number of H-pyrrole nitrogens is 3. The number of nitrogens with zero attached hydrogens (tertiary/aromatic N) is 8. The molecule has 0 amide bonds. The van der Waals surface area contributed by atoms with Crippen LogP contribution in [-0.2, 0) is 32.8 Å². The van der Waals surface area contributed by atoms with Crippen LogP contribution in [0.25, 0.3) is 32.7 Å². The summed E-state index contributed by atoms with van der Waals surface area (Å²) in [5, 5.41) is 26.1. The van der Waals surface area contributed by atoms with Gasteiger partial charge in [-0.05, 0) is 144 Å². The van der Waals surface area contributed by atoms with Crippen LogP contribution in [-0.4, -0.2) is 110 Å². The lowest BCUT2D eigenvalue weighted by molar-refractivity contribution is 0.306. The summed E-state index contributed by atoms with van der Waals surface area (Å²) in [7, 11) is 6.44. The van der Waals surface area contributed by atoms with Crippen molar-refractivity contribution in [3.63, 3.8) is 0 Å². The Morgan fingerprint density at radius 1 is 0.500 bits per heavy atom. The minimum Gasteiger partial charge on any atom is -0.489 e. The Hall–Kier alpha value is -6.87. The minimum absolute atomic E-state index is 0. The summed E-state index contributed by atoms with van der Waals surface area (Å²) in [6, 6.07) is 32.3. The van der Waals surface area contributed by atoms with Crippen molar-refractivity contribution >= 4 is 38.4 Å². The van der Waals surface area contributed by atoms with E-state index in [-0.39, 0.29) is 7.43 Å². The van der Waals surface area contributed by atoms with E-state index in [1.165, 1.54) is 44.1 Å². The van der Waals surface area contributed by atoms with Crippen LogP contribution < -0.4 is 14.2 Å². The summed E-state index contributed by atoms with van der Waals surface area (Å²) in [4.78, 5) is 15.3. The van der Waals surface area contributed by atoms with Gasteiger partial charge in [0, 0.05) is 48.2 Å². The number of pyridine rings is 1. The van der Waals surface area contributed by atoms with Crippen LogP contribution in [0.1, 0.15) is 94.9 Å². The number of aliphatic imine (C=N–C) groups is 1. The highest BCUT2D eigenvalue weighted by atomic mass is 16.5. The summed E-state index contributed by atoms with van der Waals surface area (Å²) >= 11 is 0. The van der Waals surface area contributed by atoms with Crippen LogP contribution in [0.4, 0.5) is 0 Å². The fourth-order valence-electron chi connectivity index (χ4n) is 8.14. The number of ether oxygens (including phenoxy) is 3. The number of unbranched alkanes of at least 4 members (excludes halogenated alkanes) is 3. The Kier molecular flexibility index (Phi) is 21.8. The van der Waals surface area contributed by atoms with E-state index < -0.39 is 0 Å².